The number of aromatic amines is 2. The van der Waals surface area contributed by atoms with Gasteiger partial charge in [0, 0.05) is 25.5 Å². The van der Waals surface area contributed by atoms with E-state index in [1.807, 2.05) is 61.0 Å². The number of aromatic nitrogens is 4. The van der Waals surface area contributed by atoms with Crippen molar-refractivity contribution in [2.24, 2.45) is 9.98 Å². The van der Waals surface area contributed by atoms with Crippen molar-refractivity contribution < 1.29 is 0 Å². The average molecular weight is 354 g/mol. The van der Waals surface area contributed by atoms with Crippen LogP contribution in [0.4, 0.5) is 0 Å². The molecule has 0 amide bonds. The number of hydrogen-bond acceptors (Lipinski definition) is 4. The Morgan fingerprint density at radius 2 is 1.15 bits per heavy atom. The quantitative estimate of drug-likeness (QED) is 0.503. The lowest BCUT2D eigenvalue weighted by Crippen LogP contribution is -1.96. The van der Waals surface area contributed by atoms with Gasteiger partial charge in [0.15, 0.2) is 0 Å². The van der Waals surface area contributed by atoms with E-state index in [1.165, 1.54) is 0 Å². The Kier molecular flexibility index (Phi) is 3.86. The maximum absolute atomic E-state index is 4.89. The fourth-order valence-corrected chi connectivity index (χ4v) is 3.21. The third kappa shape index (κ3) is 3.06. The molecule has 0 aliphatic carbocycles. The van der Waals surface area contributed by atoms with Crippen LogP contribution in [0.3, 0.4) is 0 Å². The molecule has 5 rings (SSSR count). The van der Waals surface area contributed by atoms with Crippen LogP contribution in [0.1, 0.15) is 17.8 Å². The Morgan fingerprint density at radius 1 is 0.630 bits per heavy atom. The van der Waals surface area contributed by atoms with E-state index >= 15 is 0 Å². The van der Waals surface area contributed by atoms with Crippen molar-refractivity contribution in [3.05, 3.63) is 59.9 Å². The molecule has 3 aromatic heterocycles. The minimum Gasteiger partial charge on any atom is -0.352 e. The fourth-order valence-electron chi connectivity index (χ4n) is 3.21. The van der Waals surface area contributed by atoms with E-state index in [-0.39, 0.29) is 0 Å². The molecule has 4 aromatic rings. The molecule has 0 fully saturated rings. The van der Waals surface area contributed by atoms with Gasteiger partial charge in [0.25, 0.3) is 0 Å². The molecule has 4 bridgehead atoms. The van der Waals surface area contributed by atoms with Crippen molar-refractivity contribution in [1.29, 1.82) is 0 Å². The van der Waals surface area contributed by atoms with Gasteiger partial charge in [-0.05, 0) is 42.8 Å². The first-order valence-electron chi connectivity index (χ1n) is 9.02. The Balaban J connectivity index is 1.75. The second kappa shape index (κ2) is 6.64. The molecule has 6 heteroatoms. The largest absolute Gasteiger partial charge is 0.352 e. The topological polar surface area (TPSA) is 82.1 Å². The molecule has 0 saturated carbocycles. The molecule has 0 spiro atoms. The number of aliphatic imine (C=N–C) groups is 2. The third-order valence-electron chi connectivity index (χ3n) is 4.53. The molecule has 1 aromatic carbocycles. The number of nitrogens with zero attached hydrogens (tertiary/aromatic N) is 4. The van der Waals surface area contributed by atoms with Crippen molar-refractivity contribution in [1.82, 2.24) is 19.9 Å². The van der Waals surface area contributed by atoms with E-state index in [1.54, 1.807) is 0 Å². The maximum Gasteiger partial charge on any atom is 0.115 e. The number of fused-ring (bicyclic) bond motifs is 8. The smallest absolute Gasteiger partial charge is 0.115 e. The van der Waals surface area contributed by atoms with Crippen molar-refractivity contribution >= 4 is 23.5 Å². The first-order valence-corrected chi connectivity index (χ1v) is 9.02. The molecule has 0 saturated heterocycles. The molecular weight excluding hydrogens is 336 g/mol. The molecule has 0 atom stereocenters. The number of benzene rings is 1. The zero-order chi connectivity index (χ0) is 18.1. The van der Waals surface area contributed by atoms with E-state index in [0.29, 0.717) is 0 Å². The molecule has 132 valence electrons. The van der Waals surface area contributed by atoms with Crippen LogP contribution in [0.25, 0.3) is 33.8 Å². The predicted octanol–water partition coefficient (Wildman–Crippen LogP) is 3.86. The van der Waals surface area contributed by atoms with Crippen LogP contribution in [0.15, 0.2) is 58.5 Å². The summed E-state index contributed by atoms with van der Waals surface area (Å²) in [7, 11) is 0. The molecule has 2 N–H and O–H groups in total. The summed E-state index contributed by atoms with van der Waals surface area (Å²) in [4.78, 5) is 25.5. The molecule has 1 aliphatic rings. The lowest BCUT2D eigenvalue weighted by Gasteiger charge is -2.08. The minimum absolute atomic E-state index is 0.753. The highest BCUT2D eigenvalue weighted by atomic mass is 14.9. The van der Waals surface area contributed by atoms with Gasteiger partial charge in [0.1, 0.15) is 11.4 Å². The Hall–Kier alpha value is -3.54. The van der Waals surface area contributed by atoms with Crippen LogP contribution in [-0.4, -0.2) is 45.5 Å². The summed E-state index contributed by atoms with van der Waals surface area (Å²) in [6, 6.07) is 16.0. The number of nitrogens with one attached hydrogen (secondary N) is 2. The van der Waals surface area contributed by atoms with Crippen LogP contribution in [0.2, 0.25) is 0 Å². The molecule has 0 unspecified atom stereocenters. The van der Waals surface area contributed by atoms with Gasteiger partial charge in [-0.15, -0.1) is 0 Å². The Labute approximate surface area is 156 Å². The van der Waals surface area contributed by atoms with Crippen molar-refractivity contribution in [2.45, 2.75) is 6.42 Å². The molecule has 27 heavy (non-hydrogen) atoms. The van der Waals surface area contributed by atoms with Gasteiger partial charge in [0.05, 0.1) is 33.8 Å². The van der Waals surface area contributed by atoms with E-state index in [9.17, 15) is 0 Å². The average Bonchev–Trinajstić information content (AvgIpc) is 3.35. The zero-order valence-electron chi connectivity index (χ0n) is 14.7. The van der Waals surface area contributed by atoms with Crippen LogP contribution < -0.4 is 0 Å². The lowest BCUT2D eigenvalue weighted by atomic mass is 10.1. The van der Waals surface area contributed by atoms with Gasteiger partial charge in [-0.1, -0.05) is 12.1 Å². The van der Waals surface area contributed by atoms with Crippen molar-refractivity contribution in [3.8, 4) is 22.8 Å². The highest BCUT2D eigenvalue weighted by Crippen LogP contribution is 2.30. The van der Waals surface area contributed by atoms with Gasteiger partial charge < -0.3 is 9.97 Å². The highest BCUT2D eigenvalue weighted by Gasteiger charge is 2.15. The second-order valence-corrected chi connectivity index (χ2v) is 6.49. The SMILES string of the molecule is C1=NCCCN=Cc2ccc([nH]2)-c2nc3ccccc3nc2-c2ccc1[nH]2. The Bertz CT molecular complexity index is 1070. The van der Waals surface area contributed by atoms with Gasteiger partial charge in [0.2, 0.25) is 0 Å². The van der Waals surface area contributed by atoms with Crippen molar-refractivity contribution in [2.75, 3.05) is 13.1 Å². The fraction of sp³-hybridized carbons (Fsp3) is 0.143. The molecule has 0 radical (unpaired) electrons. The first kappa shape index (κ1) is 15.7. The molecule has 1 aliphatic heterocycles. The number of para-hydroxylation sites is 2. The monoisotopic (exact) mass is 354 g/mol. The molecular formula is C21H18N6. The number of hydrogen-bond donors (Lipinski definition) is 2. The Morgan fingerprint density at radius 3 is 1.67 bits per heavy atom. The van der Waals surface area contributed by atoms with Crippen LogP contribution in [0, 0.1) is 0 Å². The summed E-state index contributed by atoms with van der Waals surface area (Å²) in [5.74, 6) is 0. The van der Waals surface area contributed by atoms with Gasteiger partial charge >= 0.3 is 0 Å². The predicted molar refractivity (Wildman–Crippen MR) is 109 cm³/mol. The zero-order valence-corrected chi connectivity index (χ0v) is 14.7. The lowest BCUT2D eigenvalue weighted by molar-refractivity contribution is 0.850. The highest BCUT2D eigenvalue weighted by molar-refractivity contribution is 5.87. The maximum atomic E-state index is 4.89. The summed E-state index contributed by atoms with van der Waals surface area (Å²) >= 11 is 0. The summed E-state index contributed by atoms with van der Waals surface area (Å²) in [6.07, 6.45) is 4.66. The summed E-state index contributed by atoms with van der Waals surface area (Å²) in [6.45, 7) is 1.51. The van der Waals surface area contributed by atoms with Crippen molar-refractivity contribution in [3.63, 3.8) is 0 Å². The number of H-pyrrole nitrogens is 2. The molecule has 6 nitrogen and oxygen atoms in total. The normalized spacial score (nSPS) is 13.9. The van der Waals surface area contributed by atoms with E-state index in [0.717, 1.165) is 64.7 Å². The number of rotatable bonds is 0. The summed E-state index contributed by atoms with van der Waals surface area (Å²) in [5, 5.41) is 0. The van der Waals surface area contributed by atoms with Gasteiger partial charge in [-0.3, -0.25) is 9.98 Å². The minimum atomic E-state index is 0.753. The van der Waals surface area contributed by atoms with E-state index in [2.05, 4.69) is 20.0 Å². The van der Waals surface area contributed by atoms with Crippen LogP contribution in [0.5, 0.6) is 0 Å². The van der Waals surface area contributed by atoms with Gasteiger partial charge in [-0.25, -0.2) is 9.97 Å². The first-order chi connectivity index (χ1) is 13.4. The summed E-state index contributed by atoms with van der Waals surface area (Å²) < 4.78 is 0. The van der Waals surface area contributed by atoms with Crippen LogP contribution >= 0.6 is 0 Å². The summed E-state index contributed by atoms with van der Waals surface area (Å²) in [5.41, 5.74) is 7.11. The van der Waals surface area contributed by atoms with E-state index in [4.69, 9.17) is 9.97 Å². The van der Waals surface area contributed by atoms with Gasteiger partial charge in [-0.2, -0.15) is 0 Å². The standard InChI is InChI=1S/C21H18N6/c1-2-5-17-16(4-1)26-20-18-8-6-14(24-18)12-22-10-3-11-23-13-15-7-9-19(25-15)21(20)27-17/h1-2,4-9,12-13,24-25H,3,10-11H2. The second-order valence-electron chi connectivity index (χ2n) is 6.49. The van der Waals surface area contributed by atoms with Crippen LogP contribution in [-0.2, 0) is 0 Å². The molecule has 4 heterocycles. The van der Waals surface area contributed by atoms with E-state index < -0.39 is 0 Å². The third-order valence-corrected chi connectivity index (χ3v) is 4.53.